The van der Waals surface area contributed by atoms with Crippen molar-refractivity contribution < 1.29 is 13.2 Å². The Hall–Kier alpha value is -3.31. The molecule has 3 heterocycles. The Bertz CT molecular complexity index is 1230. The Morgan fingerprint density at radius 1 is 1.18 bits per heavy atom. The number of thiocarbonyl (C=S) groups is 1. The lowest BCUT2D eigenvalue weighted by molar-refractivity contribution is -0.137. The van der Waals surface area contributed by atoms with Crippen molar-refractivity contribution in [1.29, 1.82) is 0 Å². The van der Waals surface area contributed by atoms with Crippen molar-refractivity contribution in [2.24, 2.45) is 0 Å². The molecule has 2 aromatic heterocycles. The highest BCUT2D eigenvalue weighted by Crippen LogP contribution is 2.38. The van der Waals surface area contributed by atoms with Crippen molar-refractivity contribution >= 4 is 40.3 Å². The zero-order chi connectivity index (χ0) is 24.5. The molecule has 0 atom stereocenters. The van der Waals surface area contributed by atoms with Gasteiger partial charge in [-0.25, -0.2) is 15.0 Å². The van der Waals surface area contributed by atoms with Crippen molar-refractivity contribution in [3.8, 4) is 11.3 Å². The average Bonchev–Trinajstić information content (AvgIpc) is 2.92. The lowest BCUT2D eigenvalue weighted by atomic mass is 10.0. The van der Waals surface area contributed by atoms with Crippen LogP contribution < -0.4 is 20.9 Å². The van der Waals surface area contributed by atoms with E-state index in [9.17, 15) is 13.2 Å². The number of nitrogens with one attached hydrogen (secondary N) is 3. The van der Waals surface area contributed by atoms with E-state index < -0.39 is 11.7 Å². The van der Waals surface area contributed by atoms with E-state index >= 15 is 0 Å². The number of aryl methyl sites for hydroxylation is 1. The summed E-state index contributed by atoms with van der Waals surface area (Å²) < 4.78 is 39.7. The Labute approximate surface area is 200 Å². The monoisotopic (exact) mass is 487 g/mol. The molecule has 0 spiro atoms. The zero-order valence-corrected chi connectivity index (χ0v) is 19.7. The van der Waals surface area contributed by atoms with E-state index in [4.69, 9.17) is 12.2 Å². The molecule has 34 heavy (non-hydrogen) atoms. The highest BCUT2D eigenvalue weighted by Gasteiger charge is 2.32. The summed E-state index contributed by atoms with van der Waals surface area (Å²) in [4.78, 5) is 16.1. The number of likely N-dealkylation sites (N-methyl/N-ethyl adjacent to an activating group) is 2. The average molecular weight is 488 g/mol. The molecule has 0 bridgehead atoms. The van der Waals surface area contributed by atoms with Gasteiger partial charge in [-0.2, -0.15) is 13.2 Å². The van der Waals surface area contributed by atoms with Crippen LogP contribution in [-0.4, -0.2) is 47.1 Å². The summed E-state index contributed by atoms with van der Waals surface area (Å²) in [7, 11) is 3.87. The van der Waals surface area contributed by atoms with Crippen molar-refractivity contribution in [3.63, 3.8) is 0 Å². The maximum Gasteiger partial charge on any atom is 0.416 e. The molecule has 11 heteroatoms. The molecule has 0 radical (unpaired) electrons. The third-order valence-electron chi connectivity index (χ3n) is 5.50. The Morgan fingerprint density at radius 2 is 1.97 bits per heavy atom. The smallest absolute Gasteiger partial charge is 0.358 e. The number of hydrogen-bond donors (Lipinski definition) is 3. The van der Waals surface area contributed by atoms with E-state index in [2.05, 4.69) is 30.9 Å². The van der Waals surface area contributed by atoms with Crippen molar-refractivity contribution in [2.45, 2.75) is 19.5 Å². The molecule has 178 valence electrons. The molecule has 0 saturated heterocycles. The first-order chi connectivity index (χ1) is 16.2. The van der Waals surface area contributed by atoms with E-state index in [0.29, 0.717) is 28.6 Å². The fourth-order valence-corrected chi connectivity index (χ4v) is 3.90. The predicted molar refractivity (Wildman–Crippen MR) is 132 cm³/mol. The van der Waals surface area contributed by atoms with Crippen LogP contribution in [0.25, 0.3) is 11.3 Å². The normalized spacial score (nSPS) is 12.9. The van der Waals surface area contributed by atoms with Crippen LogP contribution in [0.1, 0.15) is 16.8 Å². The zero-order valence-electron chi connectivity index (χ0n) is 18.9. The fraction of sp³-hybridized carbons (Fsp3) is 0.304. The maximum atomic E-state index is 13.2. The summed E-state index contributed by atoms with van der Waals surface area (Å²) in [5.41, 5.74) is 2.82. The van der Waals surface area contributed by atoms with Crippen LogP contribution in [0, 0.1) is 6.92 Å². The minimum absolute atomic E-state index is 0.273. The van der Waals surface area contributed by atoms with Gasteiger partial charge in [0.1, 0.15) is 5.82 Å². The molecule has 0 unspecified atom stereocenters. The van der Waals surface area contributed by atoms with Crippen LogP contribution in [0.3, 0.4) is 0 Å². The summed E-state index contributed by atoms with van der Waals surface area (Å²) in [6, 6.07) is 7.33. The third kappa shape index (κ3) is 5.10. The minimum atomic E-state index is -4.45. The summed E-state index contributed by atoms with van der Waals surface area (Å²) in [6.45, 7) is 3.54. The largest absolute Gasteiger partial charge is 0.416 e. The number of hydrogen-bond acceptors (Lipinski definition) is 7. The van der Waals surface area contributed by atoms with Gasteiger partial charge in [0.15, 0.2) is 0 Å². The number of alkyl halides is 3. The van der Waals surface area contributed by atoms with Crippen molar-refractivity contribution in [1.82, 2.24) is 20.3 Å². The molecule has 4 rings (SSSR count). The minimum Gasteiger partial charge on any atom is -0.358 e. The molecule has 0 fully saturated rings. The second-order valence-corrected chi connectivity index (χ2v) is 8.50. The Kier molecular flexibility index (Phi) is 6.67. The molecule has 3 aromatic rings. The van der Waals surface area contributed by atoms with Gasteiger partial charge in [-0.05, 0) is 38.2 Å². The second kappa shape index (κ2) is 9.51. The fourth-order valence-electron chi connectivity index (χ4n) is 3.63. The summed E-state index contributed by atoms with van der Waals surface area (Å²) >= 11 is 5.32. The van der Waals surface area contributed by atoms with Gasteiger partial charge in [-0.15, -0.1) is 0 Å². The van der Waals surface area contributed by atoms with Crippen molar-refractivity contribution in [3.05, 3.63) is 53.3 Å². The van der Waals surface area contributed by atoms with Crippen LogP contribution in [0.2, 0.25) is 0 Å². The van der Waals surface area contributed by atoms with E-state index in [-0.39, 0.29) is 5.69 Å². The predicted octanol–water partition coefficient (Wildman–Crippen LogP) is 4.56. The van der Waals surface area contributed by atoms with E-state index in [0.717, 1.165) is 48.0 Å². The van der Waals surface area contributed by atoms with Gasteiger partial charge in [0.05, 0.1) is 27.6 Å². The van der Waals surface area contributed by atoms with Crippen molar-refractivity contribution in [2.75, 3.05) is 42.7 Å². The van der Waals surface area contributed by atoms with Crippen LogP contribution in [-0.2, 0) is 12.6 Å². The highest BCUT2D eigenvalue weighted by atomic mass is 32.1. The summed E-state index contributed by atoms with van der Waals surface area (Å²) in [5, 5.41) is 9.21. The molecule has 1 aliphatic rings. The number of anilines is 4. The number of halogens is 3. The van der Waals surface area contributed by atoms with Crippen LogP contribution in [0.15, 0.2) is 36.5 Å². The van der Waals surface area contributed by atoms with Gasteiger partial charge in [0, 0.05) is 49.6 Å². The Balaban J connectivity index is 1.65. The first kappa shape index (κ1) is 23.8. The topological polar surface area (TPSA) is 78.0 Å². The lowest BCUT2D eigenvalue weighted by Crippen LogP contribution is -2.27. The first-order valence-corrected chi connectivity index (χ1v) is 11.0. The van der Waals surface area contributed by atoms with Crippen LogP contribution in [0.5, 0.6) is 0 Å². The molecule has 0 aliphatic carbocycles. The molecule has 0 amide bonds. The van der Waals surface area contributed by atoms with Gasteiger partial charge in [-0.1, -0.05) is 18.3 Å². The molecule has 3 N–H and O–H groups in total. The summed E-state index contributed by atoms with van der Waals surface area (Å²) in [6.07, 6.45) is -2.48. The molecule has 0 saturated carbocycles. The van der Waals surface area contributed by atoms with Gasteiger partial charge >= 0.3 is 6.18 Å². The number of pyridine rings is 1. The van der Waals surface area contributed by atoms with E-state index in [1.54, 1.807) is 6.20 Å². The Morgan fingerprint density at radius 3 is 2.68 bits per heavy atom. The quantitative estimate of drug-likeness (QED) is 0.437. The van der Waals surface area contributed by atoms with Gasteiger partial charge in [0.2, 0.25) is 5.95 Å². The second-order valence-electron chi connectivity index (χ2n) is 8.00. The molecule has 7 nitrogen and oxygen atoms in total. The molecular formula is C23H24F3N7S. The third-order valence-corrected chi connectivity index (χ3v) is 5.74. The number of fused-ring (bicyclic) bond motifs is 3. The van der Waals surface area contributed by atoms with E-state index in [1.807, 2.05) is 38.1 Å². The van der Waals surface area contributed by atoms with Gasteiger partial charge in [-0.3, -0.25) is 0 Å². The van der Waals surface area contributed by atoms with Gasteiger partial charge in [0.25, 0.3) is 0 Å². The van der Waals surface area contributed by atoms with Gasteiger partial charge < -0.3 is 20.9 Å². The molecular weight excluding hydrogens is 463 g/mol. The SMILES string of the molecule is CNCCN(C)c1ccc(Nc2ncc3c(n2)-c2ccc(C(F)(F)F)cc2NC(=S)C3)c(C)n1. The molecule has 1 aromatic carbocycles. The summed E-state index contributed by atoms with van der Waals surface area (Å²) in [5.74, 6) is 1.16. The number of aromatic nitrogens is 3. The van der Waals surface area contributed by atoms with Crippen LogP contribution >= 0.6 is 12.2 Å². The number of rotatable bonds is 6. The first-order valence-electron chi connectivity index (χ1n) is 10.6. The molecule has 1 aliphatic heterocycles. The highest BCUT2D eigenvalue weighted by molar-refractivity contribution is 7.80. The number of nitrogens with zero attached hydrogens (tertiary/aromatic N) is 4. The lowest BCUT2D eigenvalue weighted by Gasteiger charge is -2.19. The van der Waals surface area contributed by atoms with Crippen LogP contribution in [0.4, 0.5) is 36.3 Å². The number of benzene rings is 1. The standard InChI is InChI=1S/C23H24F3N7S/c1-13-17(6-7-19(29-13)33(3)9-8-27-2)31-22-28-12-14-10-20(34)30-18-11-15(23(24,25)26)4-5-16(18)21(14)32-22/h4-7,11-12,27H,8-10H2,1-3H3,(H,30,34)(H,28,31,32). The maximum absolute atomic E-state index is 13.2. The van der Waals surface area contributed by atoms with E-state index in [1.165, 1.54) is 6.07 Å².